The molecule has 3 aromatic rings. The lowest BCUT2D eigenvalue weighted by Crippen LogP contribution is -2.48. The number of benzene rings is 2. The van der Waals surface area contributed by atoms with E-state index in [2.05, 4.69) is 57.8 Å². The number of piperidine rings is 1. The number of likely N-dealkylation sites (tertiary alicyclic amines) is 1. The number of hydrogen-bond acceptors (Lipinski definition) is 5. The van der Waals surface area contributed by atoms with Gasteiger partial charge in [-0.15, -0.1) is 10.2 Å². The summed E-state index contributed by atoms with van der Waals surface area (Å²) in [4.78, 5) is 15.1. The van der Waals surface area contributed by atoms with E-state index in [0.29, 0.717) is 17.8 Å². The number of rotatable bonds is 8. The van der Waals surface area contributed by atoms with E-state index < -0.39 is 0 Å². The summed E-state index contributed by atoms with van der Waals surface area (Å²) >= 11 is 1.48. The van der Waals surface area contributed by atoms with Crippen molar-refractivity contribution in [2.24, 2.45) is 0 Å². The highest BCUT2D eigenvalue weighted by Gasteiger charge is 2.29. The van der Waals surface area contributed by atoms with Gasteiger partial charge in [-0.1, -0.05) is 42.1 Å². The van der Waals surface area contributed by atoms with Gasteiger partial charge in [0.05, 0.1) is 12.9 Å². The second-order valence-corrected chi connectivity index (χ2v) is 9.58. The first-order valence-electron chi connectivity index (χ1n) is 11.6. The molecule has 1 aliphatic rings. The van der Waals surface area contributed by atoms with E-state index in [0.717, 1.165) is 48.1 Å². The molecule has 0 unspecified atom stereocenters. The number of aryl methyl sites for hydroxylation is 1. The molecule has 0 saturated carbocycles. The summed E-state index contributed by atoms with van der Waals surface area (Å²) < 4.78 is 7.43. The van der Waals surface area contributed by atoms with Gasteiger partial charge < -0.3 is 14.2 Å². The Bertz CT molecular complexity index is 1040. The molecule has 1 aliphatic heterocycles. The number of aromatic nitrogens is 3. The van der Waals surface area contributed by atoms with Crippen molar-refractivity contribution in [1.82, 2.24) is 19.7 Å². The zero-order valence-electron chi connectivity index (χ0n) is 19.6. The Kier molecular flexibility index (Phi) is 7.70. The molecular weight excluding hydrogens is 432 g/mol. The Balaban J connectivity index is 1.54. The first-order valence-corrected chi connectivity index (χ1v) is 12.6. The van der Waals surface area contributed by atoms with Gasteiger partial charge in [0.1, 0.15) is 5.75 Å². The van der Waals surface area contributed by atoms with Crippen LogP contribution in [0, 0.1) is 0 Å². The molecule has 1 saturated heterocycles. The van der Waals surface area contributed by atoms with E-state index in [1.165, 1.54) is 23.7 Å². The van der Waals surface area contributed by atoms with E-state index >= 15 is 0 Å². The summed E-state index contributed by atoms with van der Waals surface area (Å²) in [5.41, 5.74) is 2.24. The minimum atomic E-state index is 0.184. The van der Waals surface area contributed by atoms with E-state index in [-0.39, 0.29) is 5.91 Å². The van der Waals surface area contributed by atoms with Crippen molar-refractivity contribution < 1.29 is 9.53 Å². The van der Waals surface area contributed by atoms with E-state index in [4.69, 9.17) is 4.74 Å². The van der Waals surface area contributed by atoms with Crippen LogP contribution in [-0.2, 0) is 17.8 Å². The van der Waals surface area contributed by atoms with Gasteiger partial charge in [-0.3, -0.25) is 4.79 Å². The van der Waals surface area contributed by atoms with Gasteiger partial charge in [-0.25, -0.2) is 0 Å². The van der Waals surface area contributed by atoms with Crippen LogP contribution >= 0.6 is 11.8 Å². The summed E-state index contributed by atoms with van der Waals surface area (Å²) in [6.45, 7) is 5.05. The largest absolute Gasteiger partial charge is 0.497 e. The Hall–Kier alpha value is -2.80. The molecule has 0 radical (unpaired) electrons. The number of amides is 1. The SMILES string of the molecule is COc1ccc(-c2nnc(SCC(=O)N3[C@H](C)CCC[C@@H]3C)n2CCc2ccccc2)cc1. The molecule has 1 aromatic heterocycles. The van der Waals surface area contributed by atoms with Gasteiger partial charge in [0.25, 0.3) is 0 Å². The van der Waals surface area contributed by atoms with Crippen molar-refractivity contribution >= 4 is 17.7 Å². The van der Waals surface area contributed by atoms with Crippen molar-refractivity contribution in [3.63, 3.8) is 0 Å². The molecule has 0 aliphatic carbocycles. The molecule has 2 atom stereocenters. The lowest BCUT2D eigenvalue weighted by molar-refractivity contribution is -0.134. The second-order valence-electron chi connectivity index (χ2n) is 8.64. The molecule has 7 heteroatoms. The molecule has 1 fully saturated rings. The molecule has 0 bridgehead atoms. The van der Waals surface area contributed by atoms with Crippen molar-refractivity contribution in [3.8, 4) is 17.1 Å². The number of ether oxygens (including phenoxy) is 1. The molecule has 2 aromatic carbocycles. The van der Waals surface area contributed by atoms with Crippen LogP contribution in [-0.4, -0.2) is 50.5 Å². The first-order chi connectivity index (χ1) is 16.1. The van der Waals surface area contributed by atoms with E-state index in [1.54, 1.807) is 7.11 Å². The monoisotopic (exact) mass is 464 g/mol. The van der Waals surface area contributed by atoms with Gasteiger partial charge in [-0.2, -0.15) is 0 Å². The third-order valence-electron chi connectivity index (χ3n) is 6.34. The zero-order chi connectivity index (χ0) is 23.2. The molecule has 33 heavy (non-hydrogen) atoms. The van der Waals surface area contributed by atoms with Crippen LogP contribution in [0.4, 0.5) is 0 Å². The maximum absolute atomic E-state index is 13.1. The van der Waals surface area contributed by atoms with Crippen LogP contribution in [0.15, 0.2) is 59.8 Å². The van der Waals surface area contributed by atoms with Crippen molar-refractivity contribution in [2.45, 2.75) is 63.3 Å². The van der Waals surface area contributed by atoms with Crippen molar-refractivity contribution in [3.05, 3.63) is 60.2 Å². The summed E-state index contributed by atoms with van der Waals surface area (Å²) in [7, 11) is 1.66. The quantitative estimate of drug-likeness (QED) is 0.435. The van der Waals surface area contributed by atoms with Crippen LogP contribution < -0.4 is 4.74 Å². The van der Waals surface area contributed by atoms with Crippen LogP contribution in [0.1, 0.15) is 38.7 Å². The van der Waals surface area contributed by atoms with Gasteiger partial charge >= 0.3 is 0 Å². The smallest absolute Gasteiger partial charge is 0.233 e. The highest BCUT2D eigenvalue weighted by molar-refractivity contribution is 7.99. The van der Waals surface area contributed by atoms with Crippen LogP contribution in [0.5, 0.6) is 5.75 Å². The Morgan fingerprint density at radius 1 is 1.03 bits per heavy atom. The summed E-state index contributed by atoms with van der Waals surface area (Å²) in [5.74, 6) is 2.17. The first kappa shape index (κ1) is 23.4. The lowest BCUT2D eigenvalue weighted by atomic mass is 9.98. The molecule has 0 spiro atoms. The third-order valence-corrected chi connectivity index (χ3v) is 7.29. The fourth-order valence-electron chi connectivity index (χ4n) is 4.55. The van der Waals surface area contributed by atoms with Gasteiger partial charge in [0, 0.05) is 24.2 Å². The van der Waals surface area contributed by atoms with Gasteiger partial charge in [0.2, 0.25) is 5.91 Å². The van der Waals surface area contributed by atoms with Crippen LogP contribution in [0.3, 0.4) is 0 Å². The van der Waals surface area contributed by atoms with E-state index in [1.807, 2.05) is 30.3 Å². The van der Waals surface area contributed by atoms with E-state index in [9.17, 15) is 4.79 Å². The Morgan fingerprint density at radius 3 is 2.39 bits per heavy atom. The minimum Gasteiger partial charge on any atom is -0.497 e. The molecule has 1 amide bonds. The van der Waals surface area contributed by atoms with Crippen molar-refractivity contribution in [2.75, 3.05) is 12.9 Å². The van der Waals surface area contributed by atoms with Crippen LogP contribution in [0.25, 0.3) is 11.4 Å². The standard InChI is InChI=1S/C26H32N4O2S/c1-19-8-7-9-20(2)30(19)24(31)18-33-26-28-27-25(22-12-14-23(32-3)15-13-22)29(26)17-16-21-10-5-4-6-11-21/h4-6,10-15,19-20H,7-9,16-18H2,1-3H3/t19-,20+. The number of nitrogens with zero attached hydrogens (tertiary/aromatic N) is 4. The minimum absolute atomic E-state index is 0.184. The number of methoxy groups -OCH3 is 1. The highest BCUT2D eigenvalue weighted by atomic mass is 32.2. The van der Waals surface area contributed by atoms with Crippen LogP contribution in [0.2, 0.25) is 0 Å². The molecule has 6 nitrogen and oxygen atoms in total. The predicted molar refractivity (Wildman–Crippen MR) is 133 cm³/mol. The third kappa shape index (κ3) is 5.58. The molecule has 174 valence electrons. The molecule has 2 heterocycles. The average Bonchev–Trinajstić information content (AvgIpc) is 3.24. The predicted octanol–water partition coefficient (Wildman–Crippen LogP) is 5.08. The summed E-state index contributed by atoms with van der Waals surface area (Å²) in [6, 6.07) is 18.9. The summed E-state index contributed by atoms with van der Waals surface area (Å²) in [6.07, 6.45) is 4.22. The fraction of sp³-hybridized carbons (Fsp3) is 0.423. The zero-order valence-corrected chi connectivity index (χ0v) is 20.4. The lowest BCUT2D eigenvalue weighted by Gasteiger charge is -2.39. The fourth-order valence-corrected chi connectivity index (χ4v) is 5.38. The Labute approximate surface area is 200 Å². The number of carbonyl (C=O) groups is 1. The maximum atomic E-state index is 13.1. The number of hydrogen-bond donors (Lipinski definition) is 0. The van der Waals surface area contributed by atoms with Crippen molar-refractivity contribution in [1.29, 1.82) is 0 Å². The number of thioether (sulfide) groups is 1. The maximum Gasteiger partial charge on any atom is 0.233 e. The normalized spacial score (nSPS) is 18.3. The summed E-state index contributed by atoms with van der Waals surface area (Å²) in [5, 5.41) is 9.76. The van der Waals surface area contributed by atoms with Gasteiger partial charge in [-0.05, 0) is 69.4 Å². The average molecular weight is 465 g/mol. The molecular formula is C26H32N4O2S. The molecule has 4 rings (SSSR count). The second kappa shape index (κ2) is 10.9. The number of carbonyl (C=O) groups excluding carboxylic acids is 1. The topological polar surface area (TPSA) is 60.3 Å². The Morgan fingerprint density at radius 2 is 1.73 bits per heavy atom. The highest BCUT2D eigenvalue weighted by Crippen LogP contribution is 2.28. The molecule has 0 N–H and O–H groups in total. The van der Waals surface area contributed by atoms with Gasteiger partial charge in [0.15, 0.2) is 11.0 Å².